The lowest BCUT2D eigenvalue weighted by Gasteiger charge is -2.06. The topological polar surface area (TPSA) is 32.3 Å². The Labute approximate surface area is 56.2 Å². The predicted molar refractivity (Wildman–Crippen MR) is 36.3 cm³/mol. The molecule has 0 aromatic carbocycles. The van der Waals surface area contributed by atoms with E-state index in [-0.39, 0.29) is 0 Å². The van der Waals surface area contributed by atoms with E-state index in [0.717, 1.165) is 24.8 Å². The van der Waals surface area contributed by atoms with Crippen LogP contribution in [0.1, 0.15) is 26.2 Å². The summed E-state index contributed by atoms with van der Waals surface area (Å²) < 4.78 is 0. The Kier molecular flexibility index (Phi) is 2.49. The van der Waals surface area contributed by atoms with E-state index in [9.17, 15) is 0 Å². The Balaban J connectivity index is 1.96. The maximum Gasteiger partial charge on any atom is 0.0210 e. The maximum absolute atomic E-state index is 8.27. The summed E-state index contributed by atoms with van der Waals surface area (Å²) in [7, 11) is 0. The molecule has 0 heterocycles. The van der Waals surface area contributed by atoms with E-state index in [4.69, 9.17) is 5.21 Å². The third-order valence-corrected chi connectivity index (χ3v) is 2.14. The molecule has 1 saturated carbocycles. The molecule has 0 saturated heterocycles. The molecule has 54 valence electrons. The van der Waals surface area contributed by atoms with E-state index in [1.165, 1.54) is 12.8 Å². The van der Waals surface area contributed by atoms with Crippen LogP contribution in [0.25, 0.3) is 0 Å². The number of nitrogens with one attached hydrogen (secondary N) is 1. The van der Waals surface area contributed by atoms with Gasteiger partial charge in [-0.25, -0.2) is 5.48 Å². The molecule has 0 aromatic heterocycles. The molecule has 0 aliphatic heterocycles. The summed E-state index contributed by atoms with van der Waals surface area (Å²) in [6.45, 7) is 3.01. The van der Waals surface area contributed by atoms with Gasteiger partial charge in [0.15, 0.2) is 0 Å². The summed E-state index contributed by atoms with van der Waals surface area (Å²) in [6, 6.07) is 0. The molecule has 2 heteroatoms. The highest BCUT2D eigenvalue weighted by molar-refractivity contribution is 4.78. The van der Waals surface area contributed by atoms with Gasteiger partial charge >= 0.3 is 0 Å². The highest BCUT2D eigenvalue weighted by atomic mass is 16.5. The first-order valence-electron chi connectivity index (χ1n) is 3.71. The fraction of sp³-hybridized carbons (Fsp3) is 1.00. The molecule has 1 aliphatic carbocycles. The lowest BCUT2D eigenvalue weighted by atomic mass is 10.0. The average molecular weight is 129 g/mol. The van der Waals surface area contributed by atoms with Crippen LogP contribution in [0.2, 0.25) is 0 Å². The monoisotopic (exact) mass is 129 g/mol. The van der Waals surface area contributed by atoms with Gasteiger partial charge in [-0.1, -0.05) is 6.92 Å². The van der Waals surface area contributed by atoms with Crippen LogP contribution < -0.4 is 5.48 Å². The molecule has 1 fully saturated rings. The lowest BCUT2D eigenvalue weighted by molar-refractivity contribution is 0.158. The zero-order valence-electron chi connectivity index (χ0n) is 5.93. The van der Waals surface area contributed by atoms with Gasteiger partial charge in [0.25, 0.3) is 0 Å². The minimum absolute atomic E-state index is 0.748. The molecule has 1 aliphatic rings. The quantitative estimate of drug-likeness (QED) is 0.562. The second-order valence-electron chi connectivity index (χ2n) is 3.01. The summed E-state index contributed by atoms with van der Waals surface area (Å²) in [5.74, 6) is 1.78. The number of hydrogen-bond donors (Lipinski definition) is 2. The van der Waals surface area contributed by atoms with Gasteiger partial charge in [-0.2, -0.15) is 0 Å². The van der Waals surface area contributed by atoms with E-state index in [1.807, 2.05) is 0 Å². The minimum atomic E-state index is 0.748. The first-order chi connectivity index (χ1) is 4.34. The van der Waals surface area contributed by atoms with Crippen molar-refractivity contribution in [2.45, 2.75) is 26.2 Å². The van der Waals surface area contributed by atoms with Crippen molar-refractivity contribution in [2.75, 3.05) is 6.54 Å². The highest BCUT2D eigenvalue weighted by Gasteiger charge is 2.26. The van der Waals surface area contributed by atoms with Crippen molar-refractivity contribution in [3.05, 3.63) is 0 Å². The lowest BCUT2D eigenvalue weighted by Crippen LogP contribution is -2.12. The van der Waals surface area contributed by atoms with Crippen LogP contribution in [-0.2, 0) is 0 Å². The van der Waals surface area contributed by atoms with E-state index < -0.39 is 0 Å². The van der Waals surface area contributed by atoms with Crippen molar-refractivity contribution in [2.24, 2.45) is 11.8 Å². The Bertz CT molecular complexity index is 81.0. The largest absolute Gasteiger partial charge is 0.317 e. The molecule has 9 heavy (non-hydrogen) atoms. The summed E-state index contributed by atoms with van der Waals surface area (Å²) in [5.41, 5.74) is 2.18. The van der Waals surface area contributed by atoms with Crippen molar-refractivity contribution < 1.29 is 5.21 Å². The number of hydrogen-bond acceptors (Lipinski definition) is 2. The molecule has 0 radical (unpaired) electrons. The van der Waals surface area contributed by atoms with Gasteiger partial charge in [-0.05, 0) is 31.1 Å². The zero-order valence-corrected chi connectivity index (χ0v) is 5.93. The SMILES string of the molecule is CC(CCNO)C1CC1. The summed E-state index contributed by atoms with van der Waals surface area (Å²) >= 11 is 0. The number of hydroxylamine groups is 1. The van der Waals surface area contributed by atoms with Crippen molar-refractivity contribution in [3.63, 3.8) is 0 Å². The fourth-order valence-electron chi connectivity index (χ4n) is 1.19. The maximum atomic E-state index is 8.27. The molecule has 1 unspecified atom stereocenters. The van der Waals surface area contributed by atoms with Crippen molar-refractivity contribution >= 4 is 0 Å². The Hall–Kier alpha value is -0.0800. The first-order valence-corrected chi connectivity index (χ1v) is 3.71. The van der Waals surface area contributed by atoms with Gasteiger partial charge < -0.3 is 5.21 Å². The molecule has 0 amide bonds. The van der Waals surface area contributed by atoms with E-state index in [0.29, 0.717) is 0 Å². The van der Waals surface area contributed by atoms with Gasteiger partial charge in [-0.15, -0.1) is 0 Å². The van der Waals surface area contributed by atoms with E-state index in [2.05, 4.69) is 12.4 Å². The third kappa shape index (κ3) is 2.33. The van der Waals surface area contributed by atoms with Gasteiger partial charge in [0.2, 0.25) is 0 Å². The standard InChI is InChI=1S/C7H15NO/c1-6(4-5-8-9)7-2-3-7/h6-9H,2-5H2,1H3. The molecule has 2 nitrogen and oxygen atoms in total. The van der Waals surface area contributed by atoms with Crippen LogP contribution in [-0.4, -0.2) is 11.8 Å². The normalized spacial score (nSPS) is 22.0. The first kappa shape index (κ1) is 7.03. The Morgan fingerprint density at radius 2 is 2.33 bits per heavy atom. The second-order valence-corrected chi connectivity index (χ2v) is 3.01. The van der Waals surface area contributed by atoms with Crippen LogP contribution in [0.5, 0.6) is 0 Å². The third-order valence-electron chi connectivity index (χ3n) is 2.14. The minimum Gasteiger partial charge on any atom is -0.317 e. The van der Waals surface area contributed by atoms with E-state index in [1.54, 1.807) is 0 Å². The van der Waals surface area contributed by atoms with Crippen LogP contribution in [0.3, 0.4) is 0 Å². The summed E-state index contributed by atoms with van der Waals surface area (Å²) in [5, 5.41) is 8.27. The molecule has 2 N–H and O–H groups in total. The van der Waals surface area contributed by atoms with Crippen LogP contribution >= 0.6 is 0 Å². The van der Waals surface area contributed by atoms with Gasteiger partial charge in [0.1, 0.15) is 0 Å². The summed E-state index contributed by atoms with van der Waals surface area (Å²) in [4.78, 5) is 0. The van der Waals surface area contributed by atoms with Crippen LogP contribution in [0.4, 0.5) is 0 Å². The van der Waals surface area contributed by atoms with Gasteiger partial charge in [0.05, 0.1) is 0 Å². The molecule has 0 bridgehead atoms. The van der Waals surface area contributed by atoms with Crippen LogP contribution in [0.15, 0.2) is 0 Å². The Morgan fingerprint density at radius 1 is 1.67 bits per heavy atom. The van der Waals surface area contributed by atoms with Crippen LogP contribution in [0, 0.1) is 11.8 Å². The molecule has 1 rings (SSSR count). The second kappa shape index (κ2) is 3.18. The average Bonchev–Trinajstić information content (AvgIpc) is 2.63. The van der Waals surface area contributed by atoms with Crippen molar-refractivity contribution in [3.8, 4) is 0 Å². The van der Waals surface area contributed by atoms with E-state index >= 15 is 0 Å². The smallest absolute Gasteiger partial charge is 0.0210 e. The predicted octanol–water partition coefficient (Wildman–Crippen LogP) is 1.40. The number of rotatable bonds is 4. The Morgan fingerprint density at radius 3 is 2.78 bits per heavy atom. The summed E-state index contributed by atoms with van der Waals surface area (Å²) in [6.07, 6.45) is 3.93. The molecular formula is C7H15NO. The molecule has 0 spiro atoms. The molecule has 0 aromatic rings. The highest BCUT2D eigenvalue weighted by Crippen LogP contribution is 2.37. The molecule has 1 atom stereocenters. The van der Waals surface area contributed by atoms with Gasteiger partial charge in [-0.3, -0.25) is 0 Å². The van der Waals surface area contributed by atoms with Crippen molar-refractivity contribution in [1.29, 1.82) is 0 Å². The van der Waals surface area contributed by atoms with Crippen molar-refractivity contribution in [1.82, 2.24) is 5.48 Å². The van der Waals surface area contributed by atoms with Gasteiger partial charge in [0, 0.05) is 6.54 Å². The molecular weight excluding hydrogens is 114 g/mol. The zero-order chi connectivity index (χ0) is 6.69. The fourth-order valence-corrected chi connectivity index (χ4v) is 1.19.